The van der Waals surface area contributed by atoms with Crippen molar-refractivity contribution in [2.24, 2.45) is 5.73 Å². The molecular formula is C10H12ClF2NO2. The zero-order valence-corrected chi connectivity index (χ0v) is 9.34. The van der Waals surface area contributed by atoms with Crippen LogP contribution in [0.25, 0.3) is 0 Å². The van der Waals surface area contributed by atoms with Gasteiger partial charge in [0.2, 0.25) is 6.43 Å². The van der Waals surface area contributed by atoms with E-state index in [1.165, 1.54) is 19.2 Å². The lowest BCUT2D eigenvalue weighted by Crippen LogP contribution is -2.14. The molecule has 0 amide bonds. The number of phenols is 1. The van der Waals surface area contributed by atoms with Crippen LogP contribution in [0, 0.1) is 0 Å². The molecule has 0 spiro atoms. The molecule has 0 aromatic heterocycles. The minimum absolute atomic E-state index is 0.0269. The van der Waals surface area contributed by atoms with E-state index in [1.54, 1.807) is 0 Å². The van der Waals surface area contributed by atoms with Gasteiger partial charge in [-0.25, -0.2) is 8.78 Å². The van der Waals surface area contributed by atoms with Gasteiger partial charge in [-0.05, 0) is 17.7 Å². The summed E-state index contributed by atoms with van der Waals surface area (Å²) in [6, 6.07) is 1.91. The zero-order valence-electron chi connectivity index (χ0n) is 8.58. The molecule has 1 aromatic rings. The van der Waals surface area contributed by atoms with E-state index in [-0.39, 0.29) is 16.5 Å². The van der Waals surface area contributed by atoms with Crippen molar-refractivity contribution in [1.82, 2.24) is 0 Å². The Labute approximate surface area is 96.8 Å². The molecule has 0 saturated heterocycles. The highest BCUT2D eigenvalue weighted by Crippen LogP contribution is 2.37. The van der Waals surface area contributed by atoms with Gasteiger partial charge in [-0.2, -0.15) is 0 Å². The van der Waals surface area contributed by atoms with Crippen LogP contribution < -0.4 is 10.5 Å². The van der Waals surface area contributed by atoms with Crippen molar-refractivity contribution in [3.05, 3.63) is 22.7 Å². The molecule has 3 nitrogen and oxygen atoms in total. The number of rotatable bonds is 4. The van der Waals surface area contributed by atoms with Crippen molar-refractivity contribution in [2.75, 3.05) is 7.11 Å². The van der Waals surface area contributed by atoms with E-state index in [4.69, 9.17) is 22.1 Å². The van der Waals surface area contributed by atoms with Crippen molar-refractivity contribution in [3.8, 4) is 11.5 Å². The number of hydrogen-bond acceptors (Lipinski definition) is 3. The first-order valence-electron chi connectivity index (χ1n) is 4.55. The molecule has 1 atom stereocenters. The lowest BCUT2D eigenvalue weighted by Gasteiger charge is -2.14. The highest BCUT2D eigenvalue weighted by molar-refractivity contribution is 6.32. The van der Waals surface area contributed by atoms with Crippen molar-refractivity contribution >= 4 is 11.6 Å². The number of halogens is 3. The van der Waals surface area contributed by atoms with Gasteiger partial charge in [-0.3, -0.25) is 0 Å². The number of hydrogen-bond donors (Lipinski definition) is 2. The SMILES string of the molecule is COc1cc([C@H](N)CC(F)F)cc(Cl)c1O. The molecular weight excluding hydrogens is 240 g/mol. The van der Waals surface area contributed by atoms with Gasteiger partial charge in [0, 0.05) is 12.5 Å². The largest absolute Gasteiger partial charge is 0.503 e. The van der Waals surface area contributed by atoms with Crippen LogP contribution in [0.2, 0.25) is 5.02 Å². The third kappa shape index (κ3) is 2.96. The summed E-state index contributed by atoms with van der Waals surface area (Å²) in [7, 11) is 1.34. The van der Waals surface area contributed by atoms with Crippen LogP contribution in [0.15, 0.2) is 12.1 Å². The number of nitrogens with two attached hydrogens (primary N) is 1. The van der Waals surface area contributed by atoms with Crippen molar-refractivity contribution in [2.45, 2.75) is 18.9 Å². The lowest BCUT2D eigenvalue weighted by molar-refractivity contribution is 0.128. The molecule has 0 radical (unpaired) electrons. The van der Waals surface area contributed by atoms with Crippen molar-refractivity contribution < 1.29 is 18.6 Å². The van der Waals surface area contributed by atoms with Gasteiger partial charge in [-0.1, -0.05) is 11.6 Å². The van der Waals surface area contributed by atoms with E-state index in [2.05, 4.69) is 0 Å². The lowest BCUT2D eigenvalue weighted by atomic mass is 10.0. The van der Waals surface area contributed by atoms with Gasteiger partial charge < -0.3 is 15.6 Å². The molecule has 0 heterocycles. The fourth-order valence-corrected chi connectivity index (χ4v) is 1.51. The second-order valence-electron chi connectivity index (χ2n) is 3.29. The summed E-state index contributed by atoms with van der Waals surface area (Å²) >= 11 is 5.71. The first kappa shape index (κ1) is 13.0. The van der Waals surface area contributed by atoms with E-state index < -0.39 is 18.9 Å². The number of ether oxygens (including phenoxy) is 1. The molecule has 90 valence electrons. The van der Waals surface area contributed by atoms with Gasteiger partial charge in [0.15, 0.2) is 11.5 Å². The van der Waals surface area contributed by atoms with Crippen LogP contribution in [-0.4, -0.2) is 18.6 Å². The first-order valence-corrected chi connectivity index (χ1v) is 4.93. The molecule has 0 aliphatic heterocycles. The van der Waals surface area contributed by atoms with Crippen LogP contribution in [0.3, 0.4) is 0 Å². The maximum atomic E-state index is 12.1. The van der Waals surface area contributed by atoms with Gasteiger partial charge in [0.05, 0.1) is 12.1 Å². The highest BCUT2D eigenvalue weighted by Gasteiger charge is 2.16. The Balaban J connectivity index is 3.01. The van der Waals surface area contributed by atoms with Gasteiger partial charge in [0.25, 0.3) is 0 Å². The number of alkyl halides is 2. The van der Waals surface area contributed by atoms with Gasteiger partial charge in [-0.15, -0.1) is 0 Å². The number of methoxy groups -OCH3 is 1. The quantitative estimate of drug-likeness (QED) is 0.865. The van der Waals surface area contributed by atoms with Crippen LogP contribution in [0.1, 0.15) is 18.0 Å². The van der Waals surface area contributed by atoms with Crippen LogP contribution in [0.5, 0.6) is 11.5 Å². The summed E-state index contributed by atoms with van der Waals surface area (Å²) in [4.78, 5) is 0. The number of benzene rings is 1. The first-order chi connectivity index (χ1) is 7.45. The molecule has 0 fully saturated rings. The predicted molar refractivity (Wildman–Crippen MR) is 57.2 cm³/mol. The molecule has 0 bridgehead atoms. The van der Waals surface area contributed by atoms with Gasteiger partial charge in [0.1, 0.15) is 0 Å². The minimum atomic E-state index is -2.49. The number of aromatic hydroxyl groups is 1. The third-order valence-corrected chi connectivity index (χ3v) is 2.42. The molecule has 1 aromatic carbocycles. The standard InChI is InChI=1S/C10H12ClF2NO2/c1-16-8-3-5(2-6(11)10(8)15)7(14)4-9(12)13/h2-3,7,9,15H,4,14H2,1H3/t7-/m1/s1. The van der Waals surface area contributed by atoms with E-state index in [0.717, 1.165) is 0 Å². The van der Waals surface area contributed by atoms with E-state index in [1.807, 2.05) is 0 Å². The third-order valence-electron chi connectivity index (χ3n) is 2.13. The molecule has 0 saturated carbocycles. The summed E-state index contributed by atoms with van der Waals surface area (Å²) in [6.45, 7) is 0. The Morgan fingerprint density at radius 2 is 2.12 bits per heavy atom. The van der Waals surface area contributed by atoms with Crippen molar-refractivity contribution in [3.63, 3.8) is 0 Å². The minimum Gasteiger partial charge on any atom is -0.503 e. The molecule has 1 rings (SSSR count). The predicted octanol–water partition coefficient (Wildman–Crippen LogP) is 2.71. The summed E-state index contributed by atoms with van der Waals surface area (Å²) in [5.74, 6) is -0.107. The van der Waals surface area contributed by atoms with E-state index in [0.29, 0.717) is 5.56 Å². The zero-order chi connectivity index (χ0) is 12.3. The molecule has 3 N–H and O–H groups in total. The average Bonchev–Trinajstić information content (AvgIpc) is 2.20. The van der Waals surface area contributed by atoms with E-state index in [9.17, 15) is 13.9 Å². The Hall–Kier alpha value is -1.07. The Kier molecular flexibility index (Phi) is 4.32. The fraction of sp³-hybridized carbons (Fsp3) is 0.400. The molecule has 0 aliphatic rings. The molecule has 16 heavy (non-hydrogen) atoms. The van der Waals surface area contributed by atoms with Crippen LogP contribution in [0.4, 0.5) is 8.78 Å². The normalized spacial score (nSPS) is 12.9. The Morgan fingerprint density at radius 1 is 1.50 bits per heavy atom. The molecule has 6 heteroatoms. The Bertz CT molecular complexity index is 374. The highest BCUT2D eigenvalue weighted by atomic mass is 35.5. The van der Waals surface area contributed by atoms with E-state index >= 15 is 0 Å². The number of phenolic OH excluding ortho intramolecular Hbond substituents is 1. The summed E-state index contributed by atoms with van der Waals surface area (Å²) in [5.41, 5.74) is 5.97. The van der Waals surface area contributed by atoms with Crippen LogP contribution >= 0.6 is 11.6 Å². The Morgan fingerprint density at radius 3 is 2.62 bits per heavy atom. The summed E-state index contributed by atoms with van der Waals surface area (Å²) < 4.78 is 29.1. The topological polar surface area (TPSA) is 55.5 Å². The maximum absolute atomic E-state index is 12.1. The summed E-state index contributed by atoms with van der Waals surface area (Å²) in [6.07, 6.45) is -2.96. The summed E-state index contributed by atoms with van der Waals surface area (Å²) in [5, 5.41) is 9.47. The van der Waals surface area contributed by atoms with Crippen LogP contribution in [-0.2, 0) is 0 Å². The van der Waals surface area contributed by atoms with Gasteiger partial charge >= 0.3 is 0 Å². The average molecular weight is 252 g/mol. The fourth-order valence-electron chi connectivity index (χ4n) is 1.29. The smallest absolute Gasteiger partial charge is 0.240 e. The molecule has 0 aliphatic carbocycles. The maximum Gasteiger partial charge on any atom is 0.240 e. The molecule has 0 unspecified atom stereocenters. The van der Waals surface area contributed by atoms with Crippen molar-refractivity contribution in [1.29, 1.82) is 0 Å². The second kappa shape index (κ2) is 5.32. The second-order valence-corrected chi connectivity index (χ2v) is 3.69. The monoisotopic (exact) mass is 251 g/mol.